The molecule has 2 saturated heterocycles. The summed E-state index contributed by atoms with van der Waals surface area (Å²) < 4.78 is 5.52. The van der Waals surface area contributed by atoms with Crippen LogP contribution in [0.25, 0.3) is 0 Å². The molecule has 2 unspecified atom stereocenters. The fraction of sp³-hybridized carbons (Fsp3) is 0.667. The zero-order valence-corrected chi connectivity index (χ0v) is 19.8. The summed E-state index contributed by atoms with van der Waals surface area (Å²) in [6.07, 6.45) is 5.05. The molecule has 0 radical (unpaired) electrons. The highest BCUT2D eigenvalue weighted by Gasteiger charge is 2.26. The number of likely N-dealkylation sites (N-methyl/N-ethyl adjacent to an activating group) is 1. The minimum atomic E-state index is 0. The molecule has 28 heavy (non-hydrogen) atoms. The largest absolute Gasteiger partial charge is 0.495 e. The van der Waals surface area contributed by atoms with Crippen LogP contribution in [0.5, 0.6) is 5.75 Å². The lowest BCUT2D eigenvalue weighted by atomic mass is 10.0. The van der Waals surface area contributed by atoms with E-state index in [0.29, 0.717) is 12.1 Å². The van der Waals surface area contributed by atoms with Crippen molar-refractivity contribution in [3.8, 4) is 5.75 Å². The molecule has 0 aromatic heterocycles. The number of nitrogens with zero attached hydrogens (tertiary/aromatic N) is 3. The van der Waals surface area contributed by atoms with Crippen LogP contribution in [0.15, 0.2) is 29.3 Å². The summed E-state index contributed by atoms with van der Waals surface area (Å²) in [5, 5.41) is 7.17. The average Bonchev–Trinajstić information content (AvgIpc) is 3.19. The summed E-state index contributed by atoms with van der Waals surface area (Å²) in [7, 11) is 3.60. The molecule has 2 heterocycles. The average molecular weight is 501 g/mol. The maximum absolute atomic E-state index is 5.52. The zero-order chi connectivity index (χ0) is 19.1. The maximum atomic E-state index is 5.52. The van der Waals surface area contributed by atoms with Crippen molar-refractivity contribution < 1.29 is 4.74 Å². The highest BCUT2D eigenvalue weighted by atomic mass is 127. The first kappa shape index (κ1) is 23.1. The van der Waals surface area contributed by atoms with E-state index in [0.717, 1.165) is 44.3 Å². The van der Waals surface area contributed by atoms with Crippen molar-refractivity contribution >= 4 is 35.6 Å². The van der Waals surface area contributed by atoms with Crippen LogP contribution in [0.3, 0.4) is 0 Å². The molecular weight excluding hydrogens is 465 g/mol. The van der Waals surface area contributed by atoms with Gasteiger partial charge < -0.3 is 20.3 Å². The predicted molar refractivity (Wildman–Crippen MR) is 128 cm³/mol. The van der Waals surface area contributed by atoms with Crippen LogP contribution < -0.4 is 20.3 Å². The Bertz CT molecular complexity index is 627. The molecule has 2 aliphatic heterocycles. The van der Waals surface area contributed by atoms with E-state index < -0.39 is 0 Å². The molecule has 7 heteroatoms. The van der Waals surface area contributed by atoms with Crippen molar-refractivity contribution in [3.63, 3.8) is 0 Å². The number of anilines is 1. The van der Waals surface area contributed by atoms with Crippen LogP contribution >= 0.6 is 24.0 Å². The lowest BCUT2D eigenvalue weighted by Gasteiger charge is -2.35. The Balaban J connectivity index is 0.00000280. The second-order valence-corrected chi connectivity index (χ2v) is 7.48. The molecule has 0 aliphatic carbocycles. The third-order valence-electron chi connectivity index (χ3n) is 5.84. The standard InChI is InChI=1S/C21H35N5O.HI/c1-4-25-13-8-7-9-18(25)15-23-21(22-2)24-17-12-14-26(16-17)19-10-5-6-11-20(19)27-3;/h5-6,10-11,17-18H,4,7-9,12-16H2,1-3H3,(H2,22,23,24);1H. The van der Waals surface area contributed by atoms with Crippen LogP contribution in [-0.2, 0) is 0 Å². The van der Waals surface area contributed by atoms with Crippen LogP contribution in [0.2, 0.25) is 0 Å². The summed E-state index contributed by atoms with van der Waals surface area (Å²) in [6.45, 7) is 7.58. The van der Waals surface area contributed by atoms with E-state index in [1.807, 2.05) is 19.2 Å². The SMILES string of the molecule is CCN1CCCCC1CNC(=NC)NC1CCN(c2ccccc2OC)C1.I. The van der Waals surface area contributed by atoms with E-state index in [4.69, 9.17) is 4.74 Å². The lowest BCUT2D eigenvalue weighted by molar-refractivity contribution is 0.157. The molecule has 1 aromatic carbocycles. The minimum absolute atomic E-state index is 0. The quantitative estimate of drug-likeness (QED) is 0.357. The number of piperidine rings is 1. The molecule has 0 bridgehead atoms. The van der Waals surface area contributed by atoms with Gasteiger partial charge in [-0.05, 0) is 44.5 Å². The Morgan fingerprint density at radius 2 is 2.04 bits per heavy atom. The Kier molecular flexibility index (Phi) is 9.64. The third kappa shape index (κ3) is 5.89. The van der Waals surface area contributed by atoms with Crippen LogP contribution in [0.4, 0.5) is 5.69 Å². The van der Waals surface area contributed by atoms with Crippen molar-refractivity contribution in [2.75, 3.05) is 51.8 Å². The molecule has 6 nitrogen and oxygen atoms in total. The van der Waals surface area contributed by atoms with Gasteiger partial charge >= 0.3 is 0 Å². The van der Waals surface area contributed by atoms with E-state index in [2.05, 4.69) is 44.5 Å². The Morgan fingerprint density at radius 3 is 2.79 bits per heavy atom. The monoisotopic (exact) mass is 501 g/mol. The second kappa shape index (κ2) is 11.7. The van der Waals surface area contributed by atoms with Gasteiger partial charge in [0.1, 0.15) is 5.75 Å². The van der Waals surface area contributed by atoms with Gasteiger partial charge in [-0.3, -0.25) is 9.89 Å². The van der Waals surface area contributed by atoms with Crippen molar-refractivity contribution in [2.45, 2.75) is 44.7 Å². The number of aliphatic imine (C=N–C) groups is 1. The number of guanidine groups is 1. The number of hydrogen-bond donors (Lipinski definition) is 2. The van der Waals surface area contributed by atoms with Gasteiger partial charge in [-0.15, -0.1) is 24.0 Å². The molecular formula is C21H36IN5O. The lowest BCUT2D eigenvalue weighted by Crippen LogP contribution is -2.51. The first-order chi connectivity index (χ1) is 13.2. The molecule has 2 fully saturated rings. The summed E-state index contributed by atoms with van der Waals surface area (Å²) in [5.41, 5.74) is 1.17. The Hall–Kier alpha value is -1.22. The molecule has 0 spiro atoms. The third-order valence-corrected chi connectivity index (χ3v) is 5.84. The fourth-order valence-corrected chi connectivity index (χ4v) is 4.30. The molecule has 2 N–H and O–H groups in total. The van der Waals surface area contributed by atoms with Gasteiger partial charge in [-0.25, -0.2) is 0 Å². The first-order valence-corrected chi connectivity index (χ1v) is 10.3. The smallest absolute Gasteiger partial charge is 0.191 e. The first-order valence-electron chi connectivity index (χ1n) is 10.3. The number of nitrogens with one attached hydrogen (secondary N) is 2. The van der Waals surface area contributed by atoms with Crippen LogP contribution in [-0.4, -0.2) is 69.8 Å². The van der Waals surface area contributed by atoms with Crippen molar-refractivity contribution in [3.05, 3.63) is 24.3 Å². The van der Waals surface area contributed by atoms with Gasteiger partial charge in [0.15, 0.2) is 5.96 Å². The van der Waals surface area contributed by atoms with Crippen LogP contribution in [0, 0.1) is 0 Å². The predicted octanol–water partition coefficient (Wildman–Crippen LogP) is 2.93. The van der Waals surface area contributed by atoms with E-state index >= 15 is 0 Å². The summed E-state index contributed by atoms with van der Waals surface area (Å²) in [6, 6.07) is 9.27. The van der Waals surface area contributed by atoms with Gasteiger partial charge in [0.2, 0.25) is 0 Å². The zero-order valence-electron chi connectivity index (χ0n) is 17.5. The molecule has 1 aromatic rings. The highest BCUT2D eigenvalue weighted by Crippen LogP contribution is 2.30. The normalized spacial score (nSPS) is 23.2. The summed E-state index contributed by atoms with van der Waals surface area (Å²) >= 11 is 0. The topological polar surface area (TPSA) is 52.1 Å². The number of ether oxygens (including phenoxy) is 1. The molecule has 2 aliphatic rings. The fourth-order valence-electron chi connectivity index (χ4n) is 4.30. The van der Waals surface area contributed by atoms with Gasteiger partial charge in [0.05, 0.1) is 12.8 Å². The van der Waals surface area contributed by atoms with E-state index in [1.165, 1.54) is 31.5 Å². The number of halogens is 1. The molecule has 2 atom stereocenters. The van der Waals surface area contributed by atoms with Crippen LogP contribution in [0.1, 0.15) is 32.6 Å². The number of likely N-dealkylation sites (tertiary alicyclic amines) is 1. The minimum Gasteiger partial charge on any atom is -0.495 e. The van der Waals surface area contributed by atoms with E-state index in [9.17, 15) is 0 Å². The Labute approximate surface area is 187 Å². The molecule has 0 amide bonds. The molecule has 3 rings (SSSR count). The highest BCUT2D eigenvalue weighted by molar-refractivity contribution is 14.0. The van der Waals surface area contributed by atoms with Crippen molar-refractivity contribution in [2.24, 2.45) is 4.99 Å². The van der Waals surface area contributed by atoms with E-state index in [1.54, 1.807) is 7.11 Å². The summed E-state index contributed by atoms with van der Waals surface area (Å²) in [5.74, 6) is 1.86. The molecule has 0 saturated carbocycles. The van der Waals surface area contributed by atoms with Gasteiger partial charge in [-0.2, -0.15) is 0 Å². The van der Waals surface area contributed by atoms with Crippen molar-refractivity contribution in [1.29, 1.82) is 0 Å². The van der Waals surface area contributed by atoms with Crippen molar-refractivity contribution in [1.82, 2.24) is 15.5 Å². The van der Waals surface area contributed by atoms with Gasteiger partial charge in [0, 0.05) is 38.8 Å². The van der Waals surface area contributed by atoms with Gasteiger partial charge in [-0.1, -0.05) is 25.5 Å². The summed E-state index contributed by atoms with van der Waals surface area (Å²) in [4.78, 5) is 9.43. The number of rotatable bonds is 6. The second-order valence-electron chi connectivity index (χ2n) is 7.48. The number of hydrogen-bond acceptors (Lipinski definition) is 4. The Morgan fingerprint density at radius 1 is 1.21 bits per heavy atom. The number of benzene rings is 1. The molecule has 158 valence electrons. The van der Waals surface area contributed by atoms with Gasteiger partial charge in [0.25, 0.3) is 0 Å². The number of para-hydroxylation sites is 2. The maximum Gasteiger partial charge on any atom is 0.191 e. The van der Waals surface area contributed by atoms with E-state index in [-0.39, 0.29) is 24.0 Å². The number of methoxy groups -OCH3 is 1.